The molecule has 2 aromatic rings. The van der Waals surface area contributed by atoms with E-state index in [1.165, 1.54) is 0 Å². The number of aromatic nitrogens is 3. The molecule has 7 heteroatoms. The Morgan fingerprint density at radius 3 is 3.06 bits per heavy atom. The van der Waals surface area contributed by atoms with Crippen molar-refractivity contribution in [2.45, 2.75) is 26.4 Å². The van der Waals surface area contributed by atoms with Crippen LogP contribution in [0.25, 0.3) is 0 Å². The molecule has 0 saturated heterocycles. The predicted octanol–water partition coefficient (Wildman–Crippen LogP) is 1.39. The summed E-state index contributed by atoms with van der Waals surface area (Å²) in [6, 6.07) is 1.32. The molecule has 2 heterocycles. The van der Waals surface area contributed by atoms with Gasteiger partial charge in [0, 0.05) is 31.0 Å². The van der Waals surface area contributed by atoms with Crippen molar-refractivity contribution in [2.24, 2.45) is 0 Å². The van der Waals surface area contributed by atoms with Crippen molar-refractivity contribution >= 4 is 11.8 Å². The van der Waals surface area contributed by atoms with E-state index in [1.54, 1.807) is 25.5 Å². The summed E-state index contributed by atoms with van der Waals surface area (Å²) < 4.78 is 6.74. The maximum atomic E-state index is 11.6. The van der Waals surface area contributed by atoms with Crippen molar-refractivity contribution in [3.63, 3.8) is 0 Å². The van der Waals surface area contributed by atoms with Crippen molar-refractivity contribution in [3.05, 3.63) is 30.5 Å². The lowest BCUT2D eigenvalue weighted by Gasteiger charge is -2.14. The minimum atomic E-state index is -0.309. The highest BCUT2D eigenvalue weighted by Gasteiger charge is 2.09. The lowest BCUT2D eigenvalue weighted by molar-refractivity contribution is 0.247. The number of imidazole rings is 1. The molecule has 0 radical (unpaired) electrons. The molecule has 2 aromatic heterocycles. The Hall–Kier alpha value is -2.31. The van der Waals surface area contributed by atoms with Crippen molar-refractivity contribution in [3.8, 4) is 0 Å². The Bertz CT molecular complexity index is 505. The van der Waals surface area contributed by atoms with Gasteiger partial charge in [-0.3, -0.25) is 5.32 Å². The van der Waals surface area contributed by atoms with Gasteiger partial charge in [0.25, 0.3) is 0 Å². The third kappa shape index (κ3) is 3.34. The lowest BCUT2D eigenvalue weighted by Crippen LogP contribution is -2.38. The van der Waals surface area contributed by atoms with E-state index in [2.05, 4.69) is 20.8 Å². The van der Waals surface area contributed by atoms with E-state index in [0.29, 0.717) is 18.1 Å². The van der Waals surface area contributed by atoms with Gasteiger partial charge in [-0.1, -0.05) is 5.16 Å². The molecule has 0 aliphatic heterocycles. The summed E-state index contributed by atoms with van der Waals surface area (Å²) in [5.41, 5.74) is 0. The number of anilines is 1. The molecule has 2 amide bonds. The first-order valence-electron chi connectivity index (χ1n) is 5.60. The summed E-state index contributed by atoms with van der Waals surface area (Å²) in [5.74, 6) is 1.05. The maximum Gasteiger partial charge on any atom is 0.320 e. The molecule has 1 atom stereocenters. The number of carbonyl (C=O) groups is 1. The van der Waals surface area contributed by atoms with Crippen LogP contribution in [0.5, 0.6) is 0 Å². The number of nitrogens with zero attached hydrogens (tertiary/aromatic N) is 3. The zero-order valence-corrected chi connectivity index (χ0v) is 10.3. The number of rotatable bonds is 4. The van der Waals surface area contributed by atoms with Crippen molar-refractivity contribution in [2.75, 3.05) is 5.32 Å². The fourth-order valence-electron chi connectivity index (χ4n) is 1.56. The van der Waals surface area contributed by atoms with E-state index < -0.39 is 0 Å². The molecule has 2 rings (SSSR count). The molecule has 0 aliphatic rings. The standard InChI is InChI=1S/C11H15N5O2/c1-8(6-16-4-3-12-7-16)13-11(17)14-10-5-9(2)18-15-10/h3-5,7-8H,6H2,1-2H3,(H2,13,14,15,17). The highest BCUT2D eigenvalue weighted by molar-refractivity contribution is 5.88. The van der Waals surface area contributed by atoms with Crippen molar-refractivity contribution in [1.82, 2.24) is 20.0 Å². The van der Waals surface area contributed by atoms with Gasteiger partial charge in [-0.05, 0) is 13.8 Å². The summed E-state index contributed by atoms with van der Waals surface area (Å²) in [6.07, 6.45) is 5.25. The molecule has 96 valence electrons. The molecule has 0 saturated carbocycles. The van der Waals surface area contributed by atoms with Gasteiger partial charge in [-0.25, -0.2) is 9.78 Å². The number of amides is 2. The molecule has 0 bridgehead atoms. The number of carbonyl (C=O) groups excluding carboxylic acids is 1. The zero-order valence-electron chi connectivity index (χ0n) is 10.3. The highest BCUT2D eigenvalue weighted by Crippen LogP contribution is 2.06. The summed E-state index contributed by atoms with van der Waals surface area (Å²) in [6.45, 7) is 4.33. The van der Waals surface area contributed by atoms with Crippen molar-refractivity contribution in [1.29, 1.82) is 0 Å². The van der Waals surface area contributed by atoms with Crippen LogP contribution in [0.15, 0.2) is 29.3 Å². The molecule has 2 N–H and O–H groups in total. The first-order chi connectivity index (χ1) is 8.63. The van der Waals surface area contributed by atoms with Crippen LogP contribution >= 0.6 is 0 Å². The largest absolute Gasteiger partial charge is 0.360 e. The number of urea groups is 1. The number of hydrogen-bond acceptors (Lipinski definition) is 4. The second-order valence-electron chi connectivity index (χ2n) is 4.08. The van der Waals surface area contributed by atoms with E-state index >= 15 is 0 Å². The zero-order chi connectivity index (χ0) is 13.0. The summed E-state index contributed by atoms with van der Waals surface area (Å²) in [7, 11) is 0. The minimum absolute atomic E-state index is 0.0211. The third-order valence-corrected chi connectivity index (χ3v) is 2.29. The monoisotopic (exact) mass is 249 g/mol. The van der Waals surface area contributed by atoms with E-state index in [0.717, 1.165) is 0 Å². The van der Waals surface area contributed by atoms with Gasteiger partial charge >= 0.3 is 6.03 Å². The van der Waals surface area contributed by atoms with Gasteiger partial charge < -0.3 is 14.4 Å². The van der Waals surface area contributed by atoms with Crippen LogP contribution in [0.4, 0.5) is 10.6 Å². The van der Waals surface area contributed by atoms with Crippen LogP contribution < -0.4 is 10.6 Å². The van der Waals surface area contributed by atoms with E-state index in [-0.39, 0.29) is 12.1 Å². The highest BCUT2D eigenvalue weighted by atomic mass is 16.5. The van der Waals surface area contributed by atoms with Crippen LogP contribution in [-0.4, -0.2) is 26.8 Å². The van der Waals surface area contributed by atoms with Gasteiger partial charge in [-0.2, -0.15) is 0 Å². The van der Waals surface area contributed by atoms with Crippen LogP contribution in [0.3, 0.4) is 0 Å². The summed E-state index contributed by atoms with van der Waals surface area (Å²) >= 11 is 0. The first-order valence-corrected chi connectivity index (χ1v) is 5.60. The van der Waals surface area contributed by atoms with E-state index in [1.807, 2.05) is 17.7 Å². The number of hydrogen-bond donors (Lipinski definition) is 2. The smallest absolute Gasteiger partial charge is 0.320 e. The number of aryl methyl sites for hydroxylation is 1. The van der Waals surface area contributed by atoms with Gasteiger partial charge in [0.1, 0.15) is 5.76 Å². The third-order valence-electron chi connectivity index (χ3n) is 2.29. The van der Waals surface area contributed by atoms with Crippen LogP contribution in [-0.2, 0) is 6.54 Å². The summed E-state index contributed by atoms with van der Waals surface area (Å²) in [5, 5.41) is 9.07. The van der Waals surface area contributed by atoms with Gasteiger partial charge in [0.15, 0.2) is 5.82 Å². The van der Waals surface area contributed by atoms with Crippen molar-refractivity contribution < 1.29 is 9.32 Å². The normalized spacial score (nSPS) is 12.1. The molecular weight excluding hydrogens is 234 g/mol. The molecule has 0 aliphatic carbocycles. The van der Waals surface area contributed by atoms with E-state index in [9.17, 15) is 4.79 Å². The van der Waals surface area contributed by atoms with Crippen LogP contribution in [0, 0.1) is 6.92 Å². The number of nitrogens with one attached hydrogen (secondary N) is 2. The SMILES string of the molecule is Cc1cc(NC(=O)NC(C)Cn2ccnc2)no1. The van der Waals surface area contributed by atoms with Gasteiger partial charge in [-0.15, -0.1) is 0 Å². The average molecular weight is 249 g/mol. The molecule has 0 aromatic carbocycles. The summed E-state index contributed by atoms with van der Waals surface area (Å²) in [4.78, 5) is 15.6. The Balaban J connectivity index is 1.80. The minimum Gasteiger partial charge on any atom is -0.360 e. The fourth-order valence-corrected chi connectivity index (χ4v) is 1.56. The lowest BCUT2D eigenvalue weighted by atomic mass is 10.3. The quantitative estimate of drug-likeness (QED) is 0.857. The Labute approximate surface area is 104 Å². The fraction of sp³-hybridized carbons (Fsp3) is 0.364. The molecule has 0 fully saturated rings. The van der Waals surface area contributed by atoms with Crippen LogP contribution in [0.1, 0.15) is 12.7 Å². The Kier molecular flexibility index (Phi) is 3.61. The Morgan fingerprint density at radius 2 is 2.44 bits per heavy atom. The average Bonchev–Trinajstić information content (AvgIpc) is 2.90. The van der Waals surface area contributed by atoms with E-state index in [4.69, 9.17) is 4.52 Å². The molecular formula is C11H15N5O2. The molecule has 7 nitrogen and oxygen atoms in total. The molecule has 1 unspecified atom stereocenters. The second kappa shape index (κ2) is 5.35. The predicted molar refractivity (Wildman–Crippen MR) is 65.1 cm³/mol. The molecule has 0 spiro atoms. The van der Waals surface area contributed by atoms with Gasteiger partial charge in [0.2, 0.25) is 0 Å². The van der Waals surface area contributed by atoms with Gasteiger partial charge in [0.05, 0.1) is 6.33 Å². The maximum absolute atomic E-state index is 11.6. The molecule has 18 heavy (non-hydrogen) atoms. The van der Waals surface area contributed by atoms with Crippen LogP contribution in [0.2, 0.25) is 0 Å². The second-order valence-corrected chi connectivity index (χ2v) is 4.08. The topological polar surface area (TPSA) is 85.0 Å². The first kappa shape index (κ1) is 12.2. The Morgan fingerprint density at radius 1 is 1.61 bits per heavy atom.